The summed E-state index contributed by atoms with van der Waals surface area (Å²) in [5, 5.41) is 4.10. The van der Waals surface area contributed by atoms with Crippen LogP contribution in [0.15, 0.2) is 24.3 Å². The molecule has 5 nitrogen and oxygen atoms in total. The van der Waals surface area contributed by atoms with Gasteiger partial charge in [-0.3, -0.25) is 0 Å². The van der Waals surface area contributed by atoms with Crippen LogP contribution in [-0.4, -0.2) is 43.3 Å². The van der Waals surface area contributed by atoms with E-state index in [9.17, 15) is 0 Å². The van der Waals surface area contributed by atoms with Gasteiger partial charge in [0.25, 0.3) is 0 Å². The summed E-state index contributed by atoms with van der Waals surface area (Å²) >= 11 is 0. The molecule has 20 heavy (non-hydrogen) atoms. The van der Waals surface area contributed by atoms with Crippen LogP contribution in [0.2, 0.25) is 0 Å². The Bertz CT molecular complexity index is 571. The number of fused-ring (bicyclic) bond motifs is 1. The monoisotopic (exact) mass is 274 g/mol. The van der Waals surface area contributed by atoms with Gasteiger partial charge in [-0.2, -0.15) is 4.98 Å². The van der Waals surface area contributed by atoms with Crippen molar-refractivity contribution in [3.63, 3.8) is 0 Å². The van der Waals surface area contributed by atoms with Crippen LogP contribution >= 0.6 is 0 Å². The molecule has 0 atom stereocenters. The van der Waals surface area contributed by atoms with Gasteiger partial charge in [-0.05, 0) is 26.0 Å². The summed E-state index contributed by atoms with van der Waals surface area (Å²) in [6.45, 7) is 5.79. The Morgan fingerprint density at radius 2 is 2.00 bits per heavy atom. The van der Waals surface area contributed by atoms with Gasteiger partial charge in [-0.15, -0.1) is 0 Å². The summed E-state index contributed by atoms with van der Waals surface area (Å²) in [7, 11) is 3.55. The topological polar surface area (TPSA) is 50.3 Å². The zero-order valence-electron chi connectivity index (χ0n) is 12.6. The number of nitrogens with zero attached hydrogens (tertiary/aromatic N) is 3. The predicted molar refractivity (Wildman–Crippen MR) is 83.4 cm³/mol. The lowest BCUT2D eigenvalue weighted by molar-refractivity contribution is 0.203. The number of methoxy groups -OCH3 is 1. The van der Waals surface area contributed by atoms with Crippen LogP contribution in [-0.2, 0) is 4.74 Å². The zero-order chi connectivity index (χ0) is 14.5. The van der Waals surface area contributed by atoms with Crippen LogP contribution in [0.4, 0.5) is 11.8 Å². The molecule has 0 spiro atoms. The second kappa shape index (κ2) is 6.52. The normalized spacial score (nSPS) is 11.1. The number of benzene rings is 1. The van der Waals surface area contributed by atoms with Crippen molar-refractivity contribution in [2.24, 2.45) is 0 Å². The molecule has 0 aliphatic rings. The Morgan fingerprint density at radius 1 is 1.25 bits per heavy atom. The van der Waals surface area contributed by atoms with Crippen LogP contribution in [0, 0.1) is 0 Å². The average molecular weight is 274 g/mol. The number of ether oxygens (including phenoxy) is 1. The summed E-state index contributed by atoms with van der Waals surface area (Å²) in [5.74, 6) is 1.59. The van der Waals surface area contributed by atoms with Crippen molar-refractivity contribution in [2.75, 3.05) is 37.5 Å². The minimum Gasteiger partial charge on any atom is -0.383 e. The summed E-state index contributed by atoms with van der Waals surface area (Å²) in [6, 6.07) is 8.42. The molecule has 108 valence electrons. The van der Waals surface area contributed by atoms with Gasteiger partial charge in [-0.25, -0.2) is 4.98 Å². The molecule has 5 heteroatoms. The van der Waals surface area contributed by atoms with Crippen LogP contribution in [0.25, 0.3) is 10.9 Å². The Kier molecular flexibility index (Phi) is 4.74. The van der Waals surface area contributed by atoms with Crippen molar-refractivity contribution in [1.29, 1.82) is 0 Å². The molecule has 2 rings (SSSR count). The molecule has 0 radical (unpaired) electrons. The van der Waals surface area contributed by atoms with E-state index in [2.05, 4.69) is 40.1 Å². The van der Waals surface area contributed by atoms with Crippen molar-refractivity contribution in [2.45, 2.75) is 19.9 Å². The minimum atomic E-state index is 0.341. The van der Waals surface area contributed by atoms with Crippen LogP contribution in [0.1, 0.15) is 13.8 Å². The number of rotatable bonds is 6. The van der Waals surface area contributed by atoms with Gasteiger partial charge < -0.3 is 15.0 Å². The predicted octanol–water partition coefficient (Wildman–Crippen LogP) is 2.53. The van der Waals surface area contributed by atoms with E-state index in [0.717, 1.165) is 23.3 Å². The fourth-order valence-corrected chi connectivity index (χ4v) is 2.19. The SMILES string of the molecule is CNc1nc(N(CCOC)C(C)C)c2ccccc2n1. The van der Waals surface area contributed by atoms with E-state index < -0.39 is 0 Å². The van der Waals surface area contributed by atoms with Crippen LogP contribution in [0.5, 0.6) is 0 Å². The standard InChI is InChI=1S/C15H22N4O/c1-11(2)19(9-10-20-4)14-12-7-5-6-8-13(12)17-15(16-3)18-14/h5-8,11H,9-10H2,1-4H3,(H,16,17,18). The quantitative estimate of drug-likeness (QED) is 0.877. The van der Waals surface area contributed by atoms with Gasteiger partial charge in [-0.1, -0.05) is 12.1 Å². The highest BCUT2D eigenvalue weighted by atomic mass is 16.5. The number of hydrogen-bond donors (Lipinski definition) is 1. The maximum Gasteiger partial charge on any atom is 0.224 e. The molecular weight excluding hydrogens is 252 g/mol. The van der Waals surface area contributed by atoms with Gasteiger partial charge in [0.1, 0.15) is 5.82 Å². The smallest absolute Gasteiger partial charge is 0.224 e. The van der Waals surface area contributed by atoms with Gasteiger partial charge in [0.2, 0.25) is 5.95 Å². The highest BCUT2D eigenvalue weighted by Crippen LogP contribution is 2.26. The van der Waals surface area contributed by atoms with E-state index in [1.54, 1.807) is 7.11 Å². The molecule has 0 saturated heterocycles. The average Bonchev–Trinajstić information content (AvgIpc) is 2.46. The molecule has 1 N–H and O–H groups in total. The van der Waals surface area contributed by atoms with Gasteiger partial charge >= 0.3 is 0 Å². The van der Waals surface area contributed by atoms with E-state index in [1.165, 1.54) is 0 Å². The summed E-state index contributed by atoms with van der Waals surface area (Å²) in [4.78, 5) is 11.4. The molecule has 0 aliphatic heterocycles. The second-order valence-corrected chi connectivity index (χ2v) is 4.92. The molecule has 2 aromatic rings. The first-order valence-electron chi connectivity index (χ1n) is 6.87. The maximum atomic E-state index is 5.21. The molecule has 1 aromatic heterocycles. The number of nitrogens with one attached hydrogen (secondary N) is 1. The first-order valence-corrected chi connectivity index (χ1v) is 6.87. The molecule has 0 aliphatic carbocycles. The number of aromatic nitrogens is 2. The van der Waals surface area contributed by atoms with Crippen LogP contribution < -0.4 is 10.2 Å². The fourth-order valence-electron chi connectivity index (χ4n) is 2.19. The third-order valence-electron chi connectivity index (χ3n) is 3.24. The van der Waals surface area contributed by atoms with Gasteiger partial charge in [0, 0.05) is 32.1 Å². The lowest BCUT2D eigenvalue weighted by Crippen LogP contribution is -2.34. The third-order valence-corrected chi connectivity index (χ3v) is 3.24. The largest absolute Gasteiger partial charge is 0.383 e. The Balaban J connectivity index is 2.53. The lowest BCUT2D eigenvalue weighted by Gasteiger charge is -2.28. The molecule has 0 saturated carbocycles. The Labute approximate surface area is 120 Å². The first-order chi connectivity index (χ1) is 9.67. The Morgan fingerprint density at radius 3 is 2.65 bits per heavy atom. The van der Waals surface area contributed by atoms with E-state index in [1.807, 2.05) is 25.2 Å². The van der Waals surface area contributed by atoms with E-state index in [0.29, 0.717) is 18.6 Å². The van der Waals surface area contributed by atoms with Crippen molar-refractivity contribution >= 4 is 22.7 Å². The second-order valence-electron chi connectivity index (χ2n) is 4.92. The maximum absolute atomic E-state index is 5.21. The van der Waals surface area contributed by atoms with E-state index in [-0.39, 0.29) is 0 Å². The lowest BCUT2D eigenvalue weighted by atomic mass is 10.2. The molecule has 1 aromatic carbocycles. The van der Waals surface area contributed by atoms with E-state index >= 15 is 0 Å². The van der Waals surface area contributed by atoms with Crippen molar-refractivity contribution in [3.05, 3.63) is 24.3 Å². The number of hydrogen-bond acceptors (Lipinski definition) is 5. The fraction of sp³-hybridized carbons (Fsp3) is 0.467. The van der Waals surface area contributed by atoms with E-state index in [4.69, 9.17) is 4.74 Å². The minimum absolute atomic E-state index is 0.341. The summed E-state index contributed by atoms with van der Waals surface area (Å²) < 4.78 is 5.21. The van der Waals surface area contributed by atoms with Gasteiger partial charge in [0.05, 0.1) is 12.1 Å². The first kappa shape index (κ1) is 14.5. The van der Waals surface area contributed by atoms with Gasteiger partial charge in [0.15, 0.2) is 0 Å². The highest BCUT2D eigenvalue weighted by Gasteiger charge is 2.16. The zero-order valence-corrected chi connectivity index (χ0v) is 12.6. The van der Waals surface area contributed by atoms with Crippen molar-refractivity contribution in [3.8, 4) is 0 Å². The Hall–Kier alpha value is -1.88. The molecule has 0 bridgehead atoms. The summed E-state index contributed by atoms with van der Waals surface area (Å²) in [6.07, 6.45) is 0. The number of anilines is 2. The van der Waals surface area contributed by atoms with Crippen LogP contribution in [0.3, 0.4) is 0 Å². The highest BCUT2D eigenvalue weighted by molar-refractivity contribution is 5.90. The molecular formula is C15H22N4O. The molecule has 0 amide bonds. The molecule has 0 fully saturated rings. The number of para-hydroxylation sites is 1. The molecule has 0 unspecified atom stereocenters. The third kappa shape index (κ3) is 2.99. The van der Waals surface area contributed by atoms with Crippen molar-refractivity contribution in [1.82, 2.24) is 9.97 Å². The molecule has 1 heterocycles. The van der Waals surface area contributed by atoms with Crippen molar-refractivity contribution < 1.29 is 4.74 Å². The summed E-state index contributed by atoms with van der Waals surface area (Å²) in [5.41, 5.74) is 0.949.